The highest BCUT2D eigenvalue weighted by molar-refractivity contribution is 5.97. The molecular weight excluding hydrogens is 678 g/mol. The van der Waals surface area contributed by atoms with E-state index in [2.05, 4.69) is 20.3 Å². The molecule has 5 atom stereocenters. The number of hydrogen-bond acceptors (Lipinski definition) is 11. The van der Waals surface area contributed by atoms with Crippen LogP contribution in [0.5, 0.6) is 17.2 Å². The number of anilines is 1. The first-order valence-corrected chi connectivity index (χ1v) is 16.9. The van der Waals surface area contributed by atoms with E-state index in [9.17, 15) is 9.90 Å². The van der Waals surface area contributed by atoms with Crippen LogP contribution in [-0.4, -0.2) is 83.4 Å². The lowest BCUT2D eigenvalue weighted by Crippen LogP contribution is -2.40. The Kier molecular flexibility index (Phi) is 10.6. The number of aliphatic hydroxyl groups excluding tert-OH is 1. The van der Waals surface area contributed by atoms with E-state index in [0.29, 0.717) is 28.4 Å². The highest BCUT2D eigenvalue weighted by atomic mass is 16.6. The first kappa shape index (κ1) is 35.5. The number of aromatic nitrogens is 4. The predicted octanol–water partition coefficient (Wildman–Crippen LogP) is 5.14. The third-order valence-electron chi connectivity index (χ3n) is 9.21. The normalized spacial score (nSPS) is 19.4. The Morgan fingerprint density at radius 2 is 1.49 bits per heavy atom. The van der Waals surface area contributed by atoms with Crippen molar-refractivity contribution < 1.29 is 38.3 Å². The van der Waals surface area contributed by atoms with E-state index >= 15 is 0 Å². The van der Waals surface area contributed by atoms with Crippen LogP contribution in [-0.2, 0) is 24.6 Å². The Balaban J connectivity index is 1.18. The van der Waals surface area contributed by atoms with E-state index in [1.807, 2.05) is 97.1 Å². The van der Waals surface area contributed by atoms with Crippen molar-refractivity contribution in [1.82, 2.24) is 19.5 Å². The molecule has 272 valence electrons. The van der Waals surface area contributed by atoms with Gasteiger partial charge in [-0.3, -0.25) is 9.36 Å². The Morgan fingerprint density at radius 1 is 0.811 bits per heavy atom. The molecule has 0 saturated carbocycles. The molecule has 2 aromatic heterocycles. The number of imidazole rings is 1. The van der Waals surface area contributed by atoms with E-state index in [1.54, 1.807) is 30.9 Å². The second kappa shape index (κ2) is 15.8. The van der Waals surface area contributed by atoms with E-state index in [1.165, 1.54) is 19.8 Å². The number of para-hydroxylation sites is 1. The fourth-order valence-corrected chi connectivity index (χ4v) is 6.60. The van der Waals surface area contributed by atoms with Crippen LogP contribution in [0.15, 0.2) is 122 Å². The van der Waals surface area contributed by atoms with E-state index in [0.717, 1.165) is 16.7 Å². The van der Waals surface area contributed by atoms with Crippen LogP contribution in [0.4, 0.5) is 5.82 Å². The number of amides is 1. The molecule has 0 spiro atoms. The third kappa shape index (κ3) is 7.15. The maximum atomic E-state index is 12.8. The number of benzene rings is 4. The maximum Gasteiger partial charge on any atom is 0.263 e. The Hall–Kier alpha value is -5.86. The summed E-state index contributed by atoms with van der Waals surface area (Å²) < 4.78 is 37.7. The highest BCUT2D eigenvalue weighted by Gasteiger charge is 2.48. The SMILES string of the molecule is COc1ccc([C@](OC[C@H]2O[C@@H](n3cnc4c(NC(=O)COc5ccccc5)ncnc43)[C@H](OC)[C@@H]2O)(c2ccccc2)c2cccc(OC)c2)cc1. The van der Waals surface area contributed by atoms with E-state index in [4.69, 9.17) is 28.4 Å². The summed E-state index contributed by atoms with van der Waals surface area (Å²) in [5.74, 6) is 1.70. The van der Waals surface area contributed by atoms with Crippen molar-refractivity contribution in [2.75, 3.05) is 39.9 Å². The molecule has 53 heavy (non-hydrogen) atoms. The summed E-state index contributed by atoms with van der Waals surface area (Å²) in [5.41, 5.74) is 2.03. The van der Waals surface area contributed by atoms with Crippen molar-refractivity contribution in [3.05, 3.63) is 139 Å². The molecule has 13 heteroatoms. The van der Waals surface area contributed by atoms with Gasteiger partial charge in [-0.15, -0.1) is 0 Å². The average molecular weight is 718 g/mol. The number of carbonyl (C=O) groups is 1. The fourth-order valence-electron chi connectivity index (χ4n) is 6.60. The first-order chi connectivity index (χ1) is 25.9. The molecule has 2 N–H and O–H groups in total. The van der Waals surface area contributed by atoms with Crippen LogP contribution < -0.4 is 19.5 Å². The lowest BCUT2D eigenvalue weighted by molar-refractivity contribution is -0.118. The van der Waals surface area contributed by atoms with Gasteiger partial charge in [-0.2, -0.15) is 0 Å². The molecule has 1 aliphatic rings. The number of hydrogen-bond donors (Lipinski definition) is 2. The molecule has 3 heterocycles. The first-order valence-electron chi connectivity index (χ1n) is 16.9. The minimum Gasteiger partial charge on any atom is -0.497 e. The smallest absolute Gasteiger partial charge is 0.263 e. The fraction of sp³-hybridized carbons (Fsp3) is 0.250. The maximum absolute atomic E-state index is 12.8. The average Bonchev–Trinajstić information content (AvgIpc) is 3.79. The summed E-state index contributed by atoms with van der Waals surface area (Å²) in [6.45, 7) is -0.266. The molecule has 0 bridgehead atoms. The molecule has 0 aliphatic carbocycles. The standard InChI is InChI=1S/C40H39N5O8/c1-48-29-19-17-27(18-20-29)40(26-11-6-4-7-12-26,28-13-10-16-31(21-28)49-2)52-22-32-35(47)36(50-3)39(53-32)45-25-43-34-37(41-24-42-38(34)45)44-33(46)23-51-30-14-8-5-9-15-30/h4-21,24-25,32,35-36,39,47H,22-23H2,1-3H3,(H,41,42,44,46)/t32-,35-,36-,39-,40-/m1/s1. The van der Waals surface area contributed by atoms with Gasteiger partial charge in [0.1, 0.15) is 47.5 Å². The summed E-state index contributed by atoms with van der Waals surface area (Å²) in [4.78, 5) is 26.0. The molecular formula is C40H39N5O8. The van der Waals surface area contributed by atoms with E-state index < -0.39 is 36.0 Å². The van der Waals surface area contributed by atoms with Gasteiger partial charge in [0.15, 0.2) is 29.8 Å². The predicted molar refractivity (Wildman–Crippen MR) is 195 cm³/mol. The molecule has 1 aliphatic heterocycles. The van der Waals surface area contributed by atoms with Crippen LogP contribution >= 0.6 is 0 Å². The minimum atomic E-state index is -1.15. The van der Waals surface area contributed by atoms with Crippen LogP contribution in [0.25, 0.3) is 11.2 Å². The second-order valence-electron chi connectivity index (χ2n) is 12.3. The molecule has 0 radical (unpaired) electrons. The summed E-state index contributed by atoms with van der Waals surface area (Å²) in [5, 5.41) is 14.4. The third-order valence-corrected chi connectivity index (χ3v) is 9.21. The van der Waals surface area contributed by atoms with Crippen molar-refractivity contribution in [3.8, 4) is 17.2 Å². The van der Waals surface area contributed by atoms with Gasteiger partial charge in [0.05, 0.1) is 27.2 Å². The van der Waals surface area contributed by atoms with Crippen molar-refractivity contribution in [3.63, 3.8) is 0 Å². The quantitative estimate of drug-likeness (QED) is 0.144. The van der Waals surface area contributed by atoms with Gasteiger partial charge in [0.25, 0.3) is 5.91 Å². The number of ether oxygens (including phenoxy) is 6. The zero-order chi connectivity index (χ0) is 36.8. The minimum absolute atomic E-state index is 0.0417. The van der Waals surface area contributed by atoms with Gasteiger partial charge in [0, 0.05) is 7.11 Å². The number of nitrogens with zero attached hydrogens (tertiary/aromatic N) is 4. The van der Waals surface area contributed by atoms with Crippen molar-refractivity contribution >= 4 is 22.9 Å². The Morgan fingerprint density at radius 3 is 2.21 bits per heavy atom. The van der Waals surface area contributed by atoms with Crippen LogP contribution in [0.1, 0.15) is 22.9 Å². The van der Waals surface area contributed by atoms with Crippen LogP contribution in [0.3, 0.4) is 0 Å². The highest BCUT2D eigenvalue weighted by Crippen LogP contribution is 2.43. The second-order valence-corrected chi connectivity index (χ2v) is 12.3. The molecule has 0 unspecified atom stereocenters. The van der Waals surface area contributed by atoms with Crippen LogP contribution in [0.2, 0.25) is 0 Å². The number of rotatable bonds is 14. The van der Waals surface area contributed by atoms with Gasteiger partial charge < -0.3 is 38.8 Å². The monoisotopic (exact) mass is 717 g/mol. The number of methoxy groups -OCH3 is 3. The molecule has 4 aromatic carbocycles. The topological polar surface area (TPSA) is 148 Å². The molecule has 13 nitrogen and oxygen atoms in total. The Bertz CT molecular complexity index is 2130. The van der Waals surface area contributed by atoms with Gasteiger partial charge in [0.2, 0.25) is 0 Å². The van der Waals surface area contributed by atoms with Gasteiger partial charge >= 0.3 is 0 Å². The molecule has 1 amide bonds. The number of fused-ring (bicyclic) bond motifs is 1. The zero-order valence-electron chi connectivity index (χ0n) is 29.4. The number of carbonyl (C=O) groups excluding carboxylic acids is 1. The van der Waals surface area contributed by atoms with Gasteiger partial charge in [-0.05, 0) is 53.1 Å². The summed E-state index contributed by atoms with van der Waals surface area (Å²) in [7, 11) is 4.74. The Labute approximate surface area is 306 Å². The number of nitrogens with one attached hydrogen (secondary N) is 1. The molecule has 1 saturated heterocycles. The largest absolute Gasteiger partial charge is 0.497 e. The summed E-state index contributed by atoms with van der Waals surface area (Å²) in [6, 6.07) is 34.3. The van der Waals surface area contributed by atoms with Gasteiger partial charge in [-0.25, -0.2) is 15.0 Å². The molecule has 7 rings (SSSR count). The van der Waals surface area contributed by atoms with Crippen molar-refractivity contribution in [2.45, 2.75) is 30.1 Å². The van der Waals surface area contributed by atoms with Gasteiger partial charge in [-0.1, -0.05) is 72.8 Å². The molecule has 1 fully saturated rings. The lowest BCUT2D eigenvalue weighted by Gasteiger charge is -2.37. The van der Waals surface area contributed by atoms with E-state index in [-0.39, 0.29) is 19.0 Å². The van der Waals surface area contributed by atoms with Crippen molar-refractivity contribution in [2.24, 2.45) is 0 Å². The zero-order valence-corrected chi connectivity index (χ0v) is 29.4. The lowest BCUT2D eigenvalue weighted by atomic mass is 9.80. The number of aliphatic hydroxyl groups is 1. The summed E-state index contributed by atoms with van der Waals surface area (Å²) in [6.07, 6.45) is -0.781. The van der Waals surface area contributed by atoms with Crippen LogP contribution in [0, 0.1) is 0 Å². The summed E-state index contributed by atoms with van der Waals surface area (Å²) >= 11 is 0. The van der Waals surface area contributed by atoms with Crippen molar-refractivity contribution in [1.29, 1.82) is 0 Å². The molecule has 6 aromatic rings.